The molecule has 154 valence electrons. The van der Waals surface area contributed by atoms with Crippen LogP contribution in [0.5, 0.6) is 5.75 Å². The molecule has 29 heavy (non-hydrogen) atoms. The van der Waals surface area contributed by atoms with Crippen LogP contribution >= 0.6 is 31.9 Å². The standard InChI is InChI=1S/C22H24Br2N2O3/c1-26(16-7-3-2-4-8-16)22(28)17-9-5-6-10-19(17)25-21(27)14-29-20-12-11-15(23)13-18(20)24/h5-6,9-13,16H,2-4,7-8,14H2,1H3,(H,25,27). The van der Waals surface area contributed by atoms with Gasteiger partial charge in [-0.15, -0.1) is 0 Å². The van der Waals surface area contributed by atoms with E-state index in [2.05, 4.69) is 37.2 Å². The molecule has 0 unspecified atom stereocenters. The van der Waals surface area contributed by atoms with Crippen molar-refractivity contribution in [3.05, 3.63) is 57.0 Å². The Bertz CT molecular complexity index is 882. The van der Waals surface area contributed by atoms with Gasteiger partial charge < -0.3 is 15.0 Å². The Morgan fingerprint density at radius 3 is 2.55 bits per heavy atom. The van der Waals surface area contributed by atoms with Crippen molar-refractivity contribution in [3.8, 4) is 5.75 Å². The lowest BCUT2D eigenvalue weighted by atomic mass is 9.94. The van der Waals surface area contributed by atoms with Crippen LogP contribution in [-0.4, -0.2) is 36.4 Å². The third-order valence-corrected chi connectivity index (χ3v) is 6.24. The topological polar surface area (TPSA) is 58.6 Å². The highest BCUT2D eigenvalue weighted by atomic mass is 79.9. The number of rotatable bonds is 6. The van der Waals surface area contributed by atoms with E-state index in [1.54, 1.807) is 24.3 Å². The van der Waals surface area contributed by atoms with E-state index >= 15 is 0 Å². The number of hydrogen-bond acceptors (Lipinski definition) is 3. The fourth-order valence-electron chi connectivity index (χ4n) is 3.52. The van der Waals surface area contributed by atoms with Crippen LogP contribution in [0.25, 0.3) is 0 Å². The smallest absolute Gasteiger partial charge is 0.262 e. The highest BCUT2D eigenvalue weighted by Crippen LogP contribution is 2.28. The maximum Gasteiger partial charge on any atom is 0.262 e. The molecule has 2 aromatic rings. The number of halogens is 2. The van der Waals surface area contributed by atoms with Gasteiger partial charge >= 0.3 is 0 Å². The Hall–Kier alpha value is -1.86. The Kier molecular flexibility index (Phi) is 7.72. The lowest BCUT2D eigenvalue weighted by Crippen LogP contribution is -2.38. The van der Waals surface area contributed by atoms with Crippen molar-refractivity contribution in [1.29, 1.82) is 0 Å². The molecule has 2 aromatic carbocycles. The predicted octanol–water partition coefficient (Wildman–Crippen LogP) is 5.63. The highest BCUT2D eigenvalue weighted by molar-refractivity contribution is 9.11. The molecular weight excluding hydrogens is 500 g/mol. The van der Waals surface area contributed by atoms with E-state index in [4.69, 9.17) is 4.74 Å². The summed E-state index contributed by atoms with van der Waals surface area (Å²) in [5.74, 6) is 0.189. The van der Waals surface area contributed by atoms with Crippen molar-refractivity contribution < 1.29 is 14.3 Å². The van der Waals surface area contributed by atoms with Crippen LogP contribution in [0.2, 0.25) is 0 Å². The first kappa shape index (κ1) is 21.8. The van der Waals surface area contributed by atoms with Crippen LogP contribution in [0.1, 0.15) is 42.5 Å². The van der Waals surface area contributed by atoms with Crippen LogP contribution in [0.3, 0.4) is 0 Å². The first-order valence-corrected chi connectivity index (χ1v) is 11.3. The van der Waals surface area contributed by atoms with Gasteiger partial charge in [0.1, 0.15) is 5.75 Å². The summed E-state index contributed by atoms with van der Waals surface area (Å²) >= 11 is 6.79. The molecule has 1 aliphatic carbocycles. The molecule has 0 aliphatic heterocycles. The van der Waals surface area contributed by atoms with Crippen LogP contribution in [0, 0.1) is 0 Å². The molecule has 5 nitrogen and oxygen atoms in total. The second kappa shape index (κ2) is 10.3. The summed E-state index contributed by atoms with van der Waals surface area (Å²) < 4.78 is 7.26. The third-order valence-electron chi connectivity index (χ3n) is 5.13. The molecule has 1 aliphatic rings. The maximum absolute atomic E-state index is 13.0. The zero-order valence-electron chi connectivity index (χ0n) is 16.3. The van der Waals surface area contributed by atoms with E-state index in [0.29, 0.717) is 17.0 Å². The molecule has 0 aromatic heterocycles. The van der Waals surface area contributed by atoms with Crippen molar-refractivity contribution in [2.24, 2.45) is 0 Å². The summed E-state index contributed by atoms with van der Waals surface area (Å²) in [6.45, 7) is -0.152. The Morgan fingerprint density at radius 2 is 1.83 bits per heavy atom. The Labute approximate surface area is 188 Å². The molecule has 0 radical (unpaired) electrons. The van der Waals surface area contributed by atoms with Gasteiger partial charge in [-0.3, -0.25) is 9.59 Å². The van der Waals surface area contributed by atoms with Gasteiger partial charge in [-0.25, -0.2) is 0 Å². The van der Waals surface area contributed by atoms with E-state index in [9.17, 15) is 9.59 Å². The summed E-state index contributed by atoms with van der Waals surface area (Å²) in [4.78, 5) is 27.3. The Morgan fingerprint density at radius 1 is 1.10 bits per heavy atom. The summed E-state index contributed by atoms with van der Waals surface area (Å²) in [7, 11) is 1.85. The number of anilines is 1. The first-order chi connectivity index (χ1) is 14.0. The van der Waals surface area contributed by atoms with E-state index in [1.807, 2.05) is 30.1 Å². The minimum atomic E-state index is -0.319. The molecule has 2 amide bonds. The van der Waals surface area contributed by atoms with Crippen molar-refractivity contribution in [2.75, 3.05) is 19.0 Å². The van der Waals surface area contributed by atoms with Crippen LogP contribution < -0.4 is 10.1 Å². The normalized spacial score (nSPS) is 14.3. The lowest BCUT2D eigenvalue weighted by molar-refractivity contribution is -0.118. The number of carbonyl (C=O) groups excluding carboxylic acids is 2. The minimum absolute atomic E-state index is 0.0654. The molecule has 0 saturated heterocycles. The SMILES string of the molecule is CN(C(=O)c1ccccc1NC(=O)COc1ccc(Br)cc1Br)C1CCCCC1. The van der Waals surface area contributed by atoms with Crippen molar-refractivity contribution in [2.45, 2.75) is 38.1 Å². The summed E-state index contributed by atoms with van der Waals surface area (Å²) in [5, 5.41) is 2.81. The highest BCUT2D eigenvalue weighted by Gasteiger charge is 2.24. The van der Waals surface area contributed by atoms with E-state index < -0.39 is 0 Å². The zero-order chi connectivity index (χ0) is 20.8. The number of carbonyl (C=O) groups is 2. The average molecular weight is 524 g/mol. The van der Waals surface area contributed by atoms with Gasteiger partial charge in [0.25, 0.3) is 11.8 Å². The maximum atomic E-state index is 13.0. The lowest BCUT2D eigenvalue weighted by Gasteiger charge is -2.31. The Balaban J connectivity index is 1.65. The second-order valence-corrected chi connectivity index (χ2v) is 8.94. The molecule has 1 N–H and O–H groups in total. The minimum Gasteiger partial charge on any atom is -0.483 e. The molecule has 3 rings (SSSR count). The summed E-state index contributed by atoms with van der Waals surface area (Å²) in [5.41, 5.74) is 1.00. The largest absolute Gasteiger partial charge is 0.483 e. The molecular formula is C22H24Br2N2O3. The van der Waals surface area contributed by atoms with Gasteiger partial charge in [0.15, 0.2) is 6.61 Å². The molecule has 1 fully saturated rings. The molecule has 0 spiro atoms. The van der Waals surface area contributed by atoms with Crippen LogP contribution in [0.15, 0.2) is 51.4 Å². The first-order valence-electron chi connectivity index (χ1n) is 9.69. The van der Waals surface area contributed by atoms with Gasteiger partial charge in [0.2, 0.25) is 0 Å². The van der Waals surface area contributed by atoms with E-state index in [1.165, 1.54) is 6.42 Å². The monoisotopic (exact) mass is 522 g/mol. The number of amides is 2. The fraction of sp³-hybridized carbons (Fsp3) is 0.364. The van der Waals surface area contributed by atoms with E-state index in [-0.39, 0.29) is 24.5 Å². The number of benzene rings is 2. The molecule has 0 atom stereocenters. The number of para-hydroxylation sites is 1. The molecule has 1 saturated carbocycles. The summed E-state index contributed by atoms with van der Waals surface area (Å²) in [6.07, 6.45) is 5.62. The predicted molar refractivity (Wildman–Crippen MR) is 121 cm³/mol. The average Bonchev–Trinajstić information content (AvgIpc) is 2.73. The molecule has 0 heterocycles. The van der Waals surface area contributed by atoms with Gasteiger partial charge in [-0.1, -0.05) is 47.3 Å². The number of hydrogen-bond donors (Lipinski definition) is 1. The van der Waals surface area contributed by atoms with Gasteiger partial charge in [0.05, 0.1) is 15.7 Å². The van der Waals surface area contributed by atoms with Crippen molar-refractivity contribution in [3.63, 3.8) is 0 Å². The quantitative estimate of drug-likeness (QED) is 0.533. The fourth-order valence-corrected chi connectivity index (χ4v) is 4.69. The number of nitrogens with zero attached hydrogens (tertiary/aromatic N) is 1. The van der Waals surface area contributed by atoms with Crippen molar-refractivity contribution in [1.82, 2.24) is 4.90 Å². The zero-order valence-corrected chi connectivity index (χ0v) is 19.5. The van der Waals surface area contributed by atoms with E-state index in [0.717, 1.165) is 34.6 Å². The second-order valence-electron chi connectivity index (χ2n) is 7.17. The number of nitrogens with one attached hydrogen (secondary N) is 1. The van der Waals surface area contributed by atoms with Crippen LogP contribution in [0.4, 0.5) is 5.69 Å². The molecule has 7 heteroatoms. The van der Waals surface area contributed by atoms with Gasteiger partial charge in [0, 0.05) is 17.6 Å². The summed E-state index contributed by atoms with van der Waals surface area (Å²) in [6, 6.07) is 12.8. The van der Waals surface area contributed by atoms with Crippen LogP contribution in [-0.2, 0) is 4.79 Å². The third kappa shape index (κ3) is 5.82. The number of ether oxygens (including phenoxy) is 1. The van der Waals surface area contributed by atoms with Gasteiger partial charge in [-0.05, 0) is 59.1 Å². The molecule has 0 bridgehead atoms. The van der Waals surface area contributed by atoms with Gasteiger partial charge in [-0.2, -0.15) is 0 Å². The van der Waals surface area contributed by atoms with Crippen molar-refractivity contribution >= 4 is 49.4 Å².